The maximum Gasteiger partial charge on any atom is 0.216 e. The molecule has 2 rings (SSSR count). The summed E-state index contributed by atoms with van der Waals surface area (Å²) < 4.78 is 11.0. The van der Waals surface area contributed by atoms with Crippen molar-refractivity contribution in [2.24, 2.45) is 0 Å². The number of benzene rings is 1. The number of ketones is 1. The van der Waals surface area contributed by atoms with Gasteiger partial charge in [-0.05, 0) is 30.3 Å². The van der Waals surface area contributed by atoms with Gasteiger partial charge in [0.05, 0.1) is 14.2 Å². The van der Waals surface area contributed by atoms with Crippen molar-refractivity contribution in [2.45, 2.75) is 0 Å². The number of aromatic nitrogens is 1. The minimum atomic E-state index is -0.219. The first kappa shape index (κ1) is 13.5. The zero-order valence-corrected chi connectivity index (χ0v) is 12.1. The van der Waals surface area contributed by atoms with E-state index in [1.165, 1.54) is 7.11 Å². The number of hydrogen-bond acceptors (Lipinski definition) is 4. The van der Waals surface area contributed by atoms with E-state index in [1.54, 1.807) is 43.6 Å². The van der Waals surface area contributed by atoms with Gasteiger partial charge in [0.2, 0.25) is 5.78 Å². The fraction of sp³-hybridized carbons (Fsp3) is 0.143. The van der Waals surface area contributed by atoms with E-state index >= 15 is 0 Å². The van der Waals surface area contributed by atoms with Crippen LogP contribution in [-0.2, 0) is 0 Å². The van der Waals surface area contributed by atoms with Crippen molar-refractivity contribution >= 4 is 21.7 Å². The molecular weight excluding hydrogens is 310 g/mol. The van der Waals surface area contributed by atoms with E-state index in [0.717, 1.165) is 0 Å². The molecule has 0 saturated carbocycles. The number of halogens is 1. The van der Waals surface area contributed by atoms with E-state index < -0.39 is 0 Å². The van der Waals surface area contributed by atoms with Gasteiger partial charge in [-0.3, -0.25) is 4.79 Å². The Kier molecular flexibility index (Phi) is 4.16. The van der Waals surface area contributed by atoms with Gasteiger partial charge in [-0.25, -0.2) is 4.98 Å². The molecule has 0 aliphatic carbocycles. The van der Waals surface area contributed by atoms with Gasteiger partial charge >= 0.3 is 0 Å². The molecule has 5 heteroatoms. The van der Waals surface area contributed by atoms with E-state index in [4.69, 9.17) is 9.47 Å². The number of carbonyl (C=O) groups is 1. The highest BCUT2D eigenvalue weighted by molar-refractivity contribution is 9.10. The van der Waals surface area contributed by atoms with Gasteiger partial charge in [0.1, 0.15) is 11.5 Å². The molecule has 0 fully saturated rings. The molecule has 0 N–H and O–H groups in total. The number of nitrogens with zero attached hydrogens (tertiary/aromatic N) is 1. The second-order valence-electron chi connectivity index (χ2n) is 3.73. The van der Waals surface area contributed by atoms with Crippen LogP contribution in [0.3, 0.4) is 0 Å². The Morgan fingerprint density at radius 1 is 1.21 bits per heavy atom. The van der Waals surface area contributed by atoms with Crippen molar-refractivity contribution in [3.05, 3.63) is 52.3 Å². The van der Waals surface area contributed by atoms with E-state index in [-0.39, 0.29) is 11.5 Å². The molecule has 98 valence electrons. The summed E-state index contributed by atoms with van der Waals surface area (Å²) in [6.07, 6.45) is 1.56. The zero-order chi connectivity index (χ0) is 13.8. The monoisotopic (exact) mass is 321 g/mol. The third-order valence-corrected chi connectivity index (χ3v) is 3.32. The van der Waals surface area contributed by atoms with Crippen LogP contribution in [0, 0.1) is 0 Å². The average Bonchev–Trinajstić information content (AvgIpc) is 2.47. The summed E-state index contributed by atoms with van der Waals surface area (Å²) in [6, 6.07) is 8.63. The molecule has 0 aliphatic heterocycles. The zero-order valence-electron chi connectivity index (χ0n) is 10.5. The van der Waals surface area contributed by atoms with Crippen LogP contribution in [0.1, 0.15) is 16.1 Å². The highest BCUT2D eigenvalue weighted by Gasteiger charge is 2.18. The third-order valence-electron chi connectivity index (χ3n) is 2.62. The number of rotatable bonds is 4. The first-order valence-corrected chi connectivity index (χ1v) is 6.34. The predicted octanol–water partition coefficient (Wildman–Crippen LogP) is 3.09. The third kappa shape index (κ3) is 2.76. The molecule has 0 atom stereocenters. The lowest BCUT2D eigenvalue weighted by Crippen LogP contribution is -2.07. The standard InChI is InChI=1S/C14H12BrNO3/c1-18-9-5-6-11(15)10(8-9)14(17)13-12(19-2)4-3-7-16-13/h3-8H,1-2H3. The van der Waals surface area contributed by atoms with Gasteiger partial charge in [-0.1, -0.05) is 15.9 Å². The van der Waals surface area contributed by atoms with Gasteiger partial charge in [-0.2, -0.15) is 0 Å². The second-order valence-corrected chi connectivity index (χ2v) is 4.58. The maximum absolute atomic E-state index is 12.5. The summed E-state index contributed by atoms with van der Waals surface area (Å²) in [5.74, 6) is 0.840. The van der Waals surface area contributed by atoms with Crippen molar-refractivity contribution < 1.29 is 14.3 Å². The first-order chi connectivity index (χ1) is 9.17. The van der Waals surface area contributed by atoms with Crippen molar-refractivity contribution in [1.29, 1.82) is 0 Å². The summed E-state index contributed by atoms with van der Waals surface area (Å²) in [7, 11) is 3.06. The predicted molar refractivity (Wildman–Crippen MR) is 74.9 cm³/mol. The highest BCUT2D eigenvalue weighted by Crippen LogP contribution is 2.27. The molecule has 0 bridgehead atoms. The Labute approximate surface area is 119 Å². The van der Waals surface area contributed by atoms with Gasteiger partial charge in [0.25, 0.3) is 0 Å². The summed E-state index contributed by atoms with van der Waals surface area (Å²) in [6.45, 7) is 0. The van der Waals surface area contributed by atoms with Crippen LogP contribution in [0.15, 0.2) is 41.0 Å². The molecule has 2 aromatic rings. The fourth-order valence-corrected chi connectivity index (χ4v) is 2.09. The summed E-state index contributed by atoms with van der Waals surface area (Å²) in [5, 5.41) is 0. The molecule has 0 unspecified atom stereocenters. The van der Waals surface area contributed by atoms with Crippen LogP contribution in [0.4, 0.5) is 0 Å². The molecule has 1 heterocycles. The number of hydrogen-bond donors (Lipinski definition) is 0. The van der Waals surface area contributed by atoms with Crippen molar-refractivity contribution in [3.63, 3.8) is 0 Å². The lowest BCUT2D eigenvalue weighted by molar-refractivity contribution is 0.103. The van der Waals surface area contributed by atoms with Crippen LogP contribution in [0.5, 0.6) is 11.5 Å². The Balaban J connectivity index is 2.49. The molecule has 1 aromatic heterocycles. The van der Waals surface area contributed by atoms with Gasteiger partial charge < -0.3 is 9.47 Å². The molecule has 0 aliphatic rings. The second kappa shape index (κ2) is 5.84. The Bertz CT molecular complexity index is 613. The minimum absolute atomic E-state index is 0.219. The quantitative estimate of drug-likeness (QED) is 0.812. The average molecular weight is 322 g/mol. The Morgan fingerprint density at radius 3 is 2.68 bits per heavy atom. The van der Waals surface area contributed by atoms with Crippen molar-refractivity contribution in [2.75, 3.05) is 14.2 Å². The van der Waals surface area contributed by atoms with E-state index in [0.29, 0.717) is 21.5 Å². The number of methoxy groups -OCH3 is 2. The van der Waals surface area contributed by atoms with E-state index in [9.17, 15) is 4.79 Å². The Morgan fingerprint density at radius 2 is 2.00 bits per heavy atom. The highest BCUT2D eigenvalue weighted by atomic mass is 79.9. The van der Waals surface area contributed by atoms with Crippen molar-refractivity contribution in [1.82, 2.24) is 4.98 Å². The van der Waals surface area contributed by atoms with Crippen LogP contribution in [0.25, 0.3) is 0 Å². The summed E-state index contributed by atoms with van der Waals surface area (Å²) >= 11 is 3.36. The van der Waals surface area contributed by atoms with Crippen LogP contribution in [0.2, 0.25) is 0 Å². The molecule has 1 aromatic carbocycles. The molecule has 19 heavy (non-hydrogen) atoms. The lowest BCUT2D eigenvalue weighted by Gasteiger charge is -2.08. The molecule has 0 amide bonds. The van der Waals surface area contributed by atoms with E-state index in [1.807, 2.05) is 0 Å². The number of pyridine rings is 1. The van der Waals surface area contributed by atoms with Crippen LogP contribution in [-0.4, -0.2) is 25.0 Å². The summed E-state index contributed by atoms with van der Waals surface area (Å²) in [4.78, 5) is 16.6. The Hall–Kier alpha value is -1.88. The largest absolute Gasteiger partial charge is 0.497 e. The molecular formula is C14H12BrNO3. The van der Waals surface area contributed by atoms with Crippen molar-refractivity contribution in [3.8, 4) is 11.5 Å². The normalized spacial score (nSPS) is 10.1. The topological polar surface area (TPSA) is 48.4 Å². The van der Waals surface area contributed by atoms with Gasteiger partial charge in [0.15, 0.2) is 5.69 Å². The van der Waals surface area contributed by atoms with Crippen LogP contribution >= 0.6 is 15.9 Å². The molecule has 0 spiro atoms. The minimum Gasteiger partial charge on any atom is -0.497 e. The molecule has 0 radical (unpaired) electrons. The SMILES string of the molecule is COc1ccc(Br)c(C(=O)c2ncccc2OC)c1. The van der Waals surface area contributed by atoms with E-state index in [2.05, 4.69) is 20.9 Å². The lowest BCUT2D eigenvalue weighted by atomic mass is 10.1. The van der Waals surface area contributed by atoms with Crippen LogP contribution < -0.4 is 9.47 Å². The number of ether oxygens (including phenoxy) is 2. The fourth-order valence-electron chi connectivity index (χ4n) is 1.66. The smallest absolute Gasteiger partial charge is 0.216 e. The first-order valence-electron chi connectivity index (χ1n) is 5.54. The molecule has 0 saturated heterocycles. The summed E-state index contributed by atoms with van der Waals surface area (Å²) in [5.41, 5.74) is 0.760. The maximum atomic E-state index is 12.5. The van der Waals surface area contributed by atoms with Gasteiger partial charge in [0, 0.05) is 16.2 Å². The van der Waals surface area contributed by atoms with Gasteiger partial charge in [-0.15, -0.1) is 0 Å². The number of carbonyl (C=O) groups excluding carboxylic acids is 1. The molecule has 4 nitrogen and oxygen atoms in total.